The number of aliphatic carboxylic acids is 1. The molecule has 0 saturated heterocycles. The zero-order valence-corrected chi connectivity index (χ0v) is 23.0. The lowest BCUT2D eigenvalue weighted by Gasteiger charge is -2.08. The molecular formula is C28H55N5O3. The first kappa shape index (κ1) is 36.2. The van der Waals surface area contributed by atoms with Crippen molar-refractivity contribution in [2.24, 2.45) is 5.73 Å². The number of nitrogens with two attached hydrogens (primary N) is 1. The van der Waals surface area contributed by atoms with Gasteiger partial charge in [0.1, 0.15) is 0 Å². The zero-order chi connectivity index (χ0) is 27.0. The number of allylic oxidation sites excluding steroid dienone is 6. The van der Waals surface area contributed by atoms with Crippen molar-refractivity contribution in [1.82, 2.24) is 21.3 Å². The minimum Gasteiger partial charge on any atom is -0.481 e. The van der Waals surface area contributed by atoms with Crippen molar-refractivity contribution in [3.05, 3.63) is 36.5 Å². The molecule has 8 heteroatoms. The first-order chi connectivity index (χ1) is 17.5. The van der Waals surface area contributed by atoms with E-state index in [9.17, 15) is 4.79 Å². The Kier molecular flexibility index (Phi) is 33.1. The number of unbranched alkanes of at least 4 members (excludes halogenated alkanes) is 5. The predicted octanol–water partition coefficient (Wildman–Crippen LogP) is 3.51. The lowest BCUT2D eigenvalue weighted by molar-refractivity contribution is -0.134. The molecule has 0 rings (SSSR count). The van der Waals surface area contributed by atoms with Crippen LogP contribution in [-0.2, 0) is 9.59 Å². The summed E-state index contributed by atoms with van der Waals surface area (Å²) in [6.07, 6.45) is 24.3. The van der Waals surface area contributed by atoms with Crippen LogP contribution in [0.3, 0.4) is 0 Å². The lowest BCUT2D eigenvalue weighted by atomic mass is 10.1. The van der Waals surface area contributed by atoms with Crippen molar-refractivity contribution in [3.8, 4) is 0 Å². The Balaban J connectivity index is 0. The SMILES string of the molecule is CC(=O)O.CCC=CCC=CCC=CCCCCCCCC(=O)NCCNCCNCCNCCN. The summed E-state index contributed by atoms with van der Waals surface area (Å²) in [5, 5.41) is 20.3. The number of hydrogen-bond donors (Lipinski definition) is 6. The van der Waals surface area contributed by atoms with Crippen molar-refractivity contribution in [1.29, 1.82) is 0 Å². The molecule has 0 atom stereocenters. The third-order valence-corrected chi connectivity index (χ3v) is 4.96. The van der Waals surface area contributed by atoms with Gasteiger partial charge >= 0.3 is 0 Å². The van der Waals surface area contributed by atoms with Gasteiger partial charge in [0.05, 0.1) is 0 Å². The van der Waals surface area contributed by atoms with Gasteiger partial charge in [0.2, 0.25) is 5.91 Å². The van der Waals surface area contributed by atoms with Crippen LogP contribution >= 0.6 is 0 Å². The third kappa shape index (κ3) is 39.2. The molecule has 0 aliphatic carbocycles. The molecule has 36 heavy (non-hydrogen) atoms. The molecule has 0 fully saturated rings. The van der Waals surface area contributed by atoms with Gasteiger partial charge in [0, 0.05) is 65.7 Å². The molecule has 0 radical (unpaired) electrons. The van der Waals surface area contributed by atoms with Gasteiger partial charge in [-0.1, -0.05) is 62.6 Å². The minimum absolute atomic E-state index is 0.178. The summed E-state index contributed by atoms with van der Waals surface area (Å²) in [4.78, 5) is 20.9. The predicted molar refractivity (Wildman–Crippen MR) is 153 cm³/mol. The van der Waals surface area contributed by atoms with Gasteiger partial charge < -0.3 is 32.1 Å². The molecule has 0 unspecified atom stereocenters. The summed E-state index contributed by atoms with van der Waals surface area (Å²) in [5.74, 6) is -0.655. The summed E-state index contributed by atoms with van der Waals surface area (Å²) < 4.78 is 0. The average Bonchev–Trinajstić information content (AvgIpc) is 2.84. The molecule has 8 nitrogen and oxygen atoms in total. The van der Waals surface area contributed by atoms with E-state index in [0.29, 0.717) is 19.5 Å². The summed E-state index contributed by atoms with van der Waals surface area (Å²) in [6, 6.07) is 0. The smallest absolute Gasteiger partial charge is 0.300 e. The fourth-order valence-electron chi connectivity index (χ4n) is 3.11. The Morgan fingerprint density at radius 3 is 1.75 bits per heavy atom. The molecule has 210 valence electrons. The van der Waals surface area contributed by atoms with Gasteiger partial charge in [-0.15, -0.1) is 0 Å². The van der Waals surface area contributed by atoms with Crippen LogP contribution in [0.4, 0.5) is 0 Å². The highest BCUT2D eigenvalue weighted by Crippen LogP contribution is 2.08. The quantitative estimate of drug-likeness (QED) is 0.0868. The highest BCUT2D eigenvalue weighted by atomic mass is 16.4. The fraction of sp³-hybridized carbons (Fsp3) is 0.714. The lowest BCUT2D eigenvalue weighted by Crippen LogP contribution is -2.36. The van der Waals surface area contributed by atoms with E-state index in [4.69, 9.17) is 15.6 Å². The number of rotatable bonds is 24. The highest BCUT2D eigenvalue weighted by Gasteiger charge is 2.00. The number of carboxylic acids is 1. The van der Waals surface area contributed by atoms with Gasteiger partial charge in [-0.25, -0.2) is 0 Å². The molecule has 0 aromatic heterocycles. The number of carbonyl (C=O) groups is 2. The monoisotopic (exact) mass is 509 g/mol. The van der Waals surface area contributed by atoms with Crippen LogP contribution in [0.2, 0.25) is 0 Å². The normalized spacial score (nSPS) is 11.3. The molecule has 0 saturated carbocycles. The van der Waals surface area contributed by atoms with E-state index in [-0.39, 0.29) is 5.91 Å². The fourth-order valence-corrected chi connectivity index (χ4v) is 3.11. The maximum absolute atomic E-state index is 11.9. The van der Waals surface area contributed by atoms with Crippen LogP contribution in [-0.4, -0.2) is 69.3 Å². The van der Waals surface area contributed by atoms with Gasteiger partial charge in [-0.2, -0.15) is 0 Å². The molecular weight excluding hydrogens is 454 g/mol. The maximum atomic E-state index is 11.9. The van der Waals surface area contributed by atoms with Crippen LogP contribution in [0.25, 0.3) is 0 Å². The summed E-state index contributed by atoms with van der Waals surface area (Å²) in [5.41, 5.74) is 5.41. The van der Waals surface area contributed by atoms with Crippen molar-refractivity contribution in [2.75, 3.05) is 52.4 Å². The molecule has 0 spiro atoms. The van der Waals surface area contributed by atoms with Crippen LogP contribution in [0.15, 0.2) is 36.5 Å². The van der Waals surface area contributed by atoms with E-state index in [1.54, 1.807) is 0 Å². The molecule has 0 heterocycles. The molecule has 0 aliphatic heterocycles. The molecule has 0 aromatic rings. The largest absolute Gasteiger partial charge is 0.481 e. The van der Waals surface area contributed by atoms with E-state index in [1.165, 1.54) is 19.3 Å². The Bertz CT molecular complexity index is 561. The Morgan fingerprint density at radius 2 is 1.17 bits per heavy atom. The van der Waals surface area contributed by atoms with Gasteiger partial charge in [0.25, 0.3) is 5.97 Å². The first-order valence-corrected chi connectivity index (χ1v) is 13.8. The van der Waals surface area contributed by atoms with Gasteiger partial charge in [-0.3, -0.25) is 9.59 Å². The maximum Gasteiger partial charge on any atom is 0.300 e. The van der Waals surface area contributed by atoms with Crippen LogP contribution < -0.4 is 27.0 Å². The summed E-state index contributed by atoms with van der Waals surface area (Å²) in [7, 11) is 0. The van der Waals surface area contributed by atoms with Gasteiger partial charge in [0.15, 0.2) is 0 Å². The second kappa shape index (κ2) is 33.0. The standard InChI is InChI=1S/C26H51N5O.C2H4O2/c1-2-3-4-5-6-7-8-9-10-11-12-13-14-15-16-17-26(32)31-25-24-30-23-22-29-21-20-28-19-18-27;1-2(3)4/h3-4,6-7,9-10,28-30H,2,5,8,11-25,27H2,1H3,(H,31,32);1H3,(H,3,4). The molecule has 7 N–H and O–H groups in total. The molecule has 0 bridgehead atoms. The number of nitrogens with one attached hydrogen (secondary N) is 4. The topological polar surface area (TPSA) is 129 Å². The highest BCUT2D eigenvalue weighted by molar-refractivity contribution is 5.75. The summed E-state index contributed by atoms with van der Waals surface area (Å²) in [6.45, 7) is 10.1. The van der Waals surface area contributed by atoms with E-state index in [0.717, 1.165) is 84.7 Å². The van der Waals surface area contributed by atoms with Gasteiger partial charge in [-0.05, 0) is 38.5 Å². The van der Waals surface area contributed by atoms with E-state index in [2.05, 4.69) is 64.6 Å². The second-order valence-electron chi connectivity index (χ2n) is 8.51. The number of carbonyl (C=O) groups excluding carboxylic acids is 1. The third-order valence-electron chi connectivity index (χ3n) is 4.96. The zero-order valence-electron chi connectivity index (χ0n) is 23.0. The average molecular weight is 510 g/mol. The number of hydrogen-bond acceptors (Lipinski definition) is 6. The Hall–Kier alpha value is -2.00. The van der Waals surface area contributed by atoms with Crippen molar-refractivity contribution >= 4 is 11.9 Å². The summed E-state index contributed by atoms with van der Waals surface area (Å²) >= 11 is 0. The van der Waals surface area contributed by atoms with Crippen molar-refractivity contribution in [2.45, 2.75) is 78.1 Å². The Morgan fingerprint density at radius 1 is 0.694 bits per heavy atom. The van der Waals surface area contributed by atoms with E-state index in [1.807, 2.05) is 0 Å². The number of amides is 1. The van der Waals surface area contributed by atoms with Crippen molar-refractivity contribution in [3.63, 3.8) is 0 Å². The van der Waals surface area contributed by atoms with Crippen LogP contribution in [0.5, 0.6) is 0 Å². The molecule has 0 aromatic carbocycles. The molecule has 0 aliphatic rings. The molecule has 1 amide bonds. The second-order valence-corrected chi connectivity index (χ2v) is 8.51. The van der Waals surface area contributed by atoms with Crippen molar-refractivity contribution < 1.29 is 14.7 Å². The first-order valence-electron chi connectivity index (χ1n) is 13.8. The van der Waals surface area contributed by atoms with Crippen LogP contribution in [0.1, 0.15) is 78.1 Å². The van der Waals surface area contributed by atoms with E-state index < -0.39 is 5.97 Å². The minimum atomic E-state index is -0.833. The number of carboxylic acid groups (broad SMARTS) is 1. The van der Waals surface area contributed by atoms with E-state index >= 15 is 0 Å². The Labute approximate surface area is 220 Å². The van der Waals surface area contributed by atoms with Crippen LogP contribution in [0, 0.1) is 0 Å².